The third kappa shape index (κ3) is 3.80. The van der Waals surface area contributed by atoms with Gasteiger partial charge in [0, 0.05) is 49.5 Å². The highest BCUT2D eigenvalue weighted by molar-refractivity contribution is 7.12. The minimum atomic E-state index is -0.0304. The molecule has 0 N–H and O–H groups in total. The Bertz CT molecular complexity index is 1230. The van der Waals surface area contributed by atoms with Crippen LogP contribution in [0.3, 0.4) is 0 Å². The summed E-state index contributed by atoms with van der Waals surface area (Å²) in [5.41, 5.74) is 3.08. The summed E-state index contributed by atoms with van der Waals surface area (Å²) in [7, 11) is 0. The summed E-state index contributed by atoms with van der Waals surface area (Å²) in [5, 5.41) is 2.74. The summed E-state index contributed by atoms with van der Waals surface area (Å²) in [4.78, 5) is 39.3. The molecule has 1 aromatic carbocycles. The predicted octanol–water partition coefficient (Wildman–Crippen LogP) is 3.96. The number of hydrogen-bond acceptors (Lipinski definition) is 5. The van der Waals surface area contributed by atoms with Crippen molar-refractivity contribution in [2.24, 2.45) is 0 Å². The molecule has 154 valence electrons. The third-order valence-corrected chi connectivity index (χ3v) is 6.37. The van der Waals surface area contributed by atoms with Gasteiger partial charge in [-0.25, -0.2) is 4.98 Å². The molecule has 4 heterocycles. The van der Waals surface area contributed by atoms with Gasteiger partial charge in [-0.05, 0) is 35.7 Å². The van der Waals surface area contributed by atoms with Gasteiger partial charge in [0.15, 0.2) is 0 Å². The van der Waals surface area contributed by atoms with Crippen molar-refractivity contribution < 1.29 is 9.59 Å². The minimum Gasteiger partial charge on any atom is -0.335 e. The van der Waals surface area contributed by atoms with E-state index >= 15 is 0 Å². The van der Waals surface area contributed by atoms with Gasteiger partial charge in [-0.2, -0.15) is 0 Å². The van der Waals surface area contributed by atoms with Crippen molar-refractivity contribution in [1.29, 1.82) is 0 Å². The topological polar surface area (TPSA) is 66.4 Å². The Hall–Kier alpha value is -3.58. The SMILES string of the molecule is O=C(c1cccs1)N1CCN(C(=O)c2cc(-c3ccncc3)nc3ccccc23)CC1. The van der Waals surface area contributed by atoms with Crippen LogP contribution in [0.4, 0.5) is 0 Å². The van der Waals surface area contributed by atoms with E-state index in [2.05, 4.69) is 4.98 Å². The van der Waals surface area contributed by atoms with E-state index in [1.165, 1.54) is 11.3 Å². The summed E-state index contributed by atoms with van der Waals surface area (Å²) in [6.07, 6.45) is 3.44. The first-order valence-electron chi connectivity index (χ1n) is 10.1. The van der Waals surface area contributed by atoms with Crippen LogP contribution in [-0.2, 0) is 0 Å². The van der Waals surface area contributed by atoms with Crippen molar-refractivity contribution in [2.45, 2.75) is 0 Å². The first-order chi connectivity index (χ1) is 15.2. The molecule has 1 fully saturated rings. The second kappa shape index (κ2) is 8.28. The zero-order valence-electron chi connectivity index (χ0n) is 16.8. The maximum Gasteiger partial charge on any atom is 0.264 e. The Morgan fingerprint density at radius 2 is 1.55 bits per heavy atom. The van der Waals surface area contributed by atoms with E-state index in [0.29, 0.717) is 31.7 Å². The van der Waals surface area contributed by atoms with Crippen LogP contribution in [-0.4, -0.2) is 57.8 Å². The number of piperazine rings is 1. The molecule has 0 aliphatic carbocycles. The van der Waals surface area contributed by atoms with E-state index in [9.17, 15) is 9.59 Å². The Morgan fingerprint density at radius 3 is 2.26 bits per heavy atom. The Morgan fingerprint density at radius 1 is 0.839 bits per heavy atom. The highest BCUT2D eigenvalue weighted by Gasteiger charge is 2.27. The largest absolute Gasteiger partial charge is 0.335 e. The Labute approximate surface area is 183 Å². The maximum absolute atomic E-state index is 13.5. The maximum atomic E-state index is 13.5. The lowest BCUT2D eigenvalue weighted by Gasteiger charge is -2.34. The van der Waals surface area contributed by atoms with Crippen LogP contribution in [0.2, 0.25) is 0 Å². The van der Waals surface area contributed by atoms with Crippen LogP contribution in [0.5, 0.6) is 0 Å². The van der Waals surface area contributed by atoms with Gasteiger partial charge in [-0.3, -0.25) is 14.6 Å². The summed E-state index contributed by atoms with van der Waals surface area (Å²) < 4.78 is 0. The molecule has 0 atom stereocenters. The second-order valence-electron chi connectivity index (χ2n) is 7.37. The van der Waals surface area contributed by atoms with E-state index in [4.69, 9.17) is 4.98 Å². The fourth-order valence-corrected chi connectivity index (χ4v) is 4.55. The number of pyridine rings is 2. The zero-order valence-corrected chi connectivity index (χ0v) is 17.6. The molecule has 0 radical (unpaired) electrons. The van der Waals surface area contributed by atoms with Crippen LogP contribution < -0.4 is 0 Å². The van der Waals surface area contributed by atoms with Crippen LogP contribution in [0.15, 0.2) is 72.4 Å². The van der Waals surface area contributed by atoms with Gasteiger partial charge in [-0.1, -0.05) is 24.3 Å². The molecule has 1 saturated heterocycles. The molecule has 3 aromatic heterocycles. The molecule has 6 nitrogen and oxygen atoms in total. The number of nitrogens with zero attached hydrogens (tertiary/aromatic N) is 4. The molecular weight excluding hydrogens is 408 g/mol. The third-order valence-electron chi connectivity index (χ3n) is 5.51. The van der Waals surface area contributed by atoms with E-state index in [-0.39, 0.29) is 11.8 Å². The summed E-state index contributed by atoms with van der Waals surface area (Å²) in [5.74, 6) is 0.00793. The number of thiophene rings is 1. The first kappa shape index (κ1) is 19.4. The van der Waals surface area contributed by atoms with Crippen molar-refractivity contribution in [3.63, 3.8) is 0 Å². The smallest absolute Gasteiger partial charge is 0.264 e. The van der Waals surface area contributed by atoms with Crippen molar-refractivity contribution in [2.75, 3.05) is 26.2 Å². The Balaban J connectivity index is 1.42. The van der Waals surface area contributed by atoms with Gasteiger partial charge in [0.1, 0.15) is 0 Å². The first-order valence-corrected chi connectivity index (χ1v) is 11.0. The van der Waals surface area contributed by atoms with Crippen molar-refractivity contribution in [1.82, 2.24) is 19.8 Å². The van der Waals surface area contributed by atoms with Crippen LogP contribution in [0.1, 0.15) is 20.0 Å². The summed E-state index contributed by atoms with van der Waals surface area (Å²) in [6.45, 7) is 2.08. The highest BCUT2D eigenvalue weighted by Crippen LogP contribution is 2.26. The van der Waals surface area contributed by atoms with E-state index in [1.54, 1.807) is 12.4 Å². The normalized spacial score (nSPS) is 14.1. The second-order valence-corrected chi connectivity index (χ2v) is 8.32. The van der Waals surface area contributed by atoms with Crippen LogP contribution >= 0.6 is 11.3 Å². The number of aromatic nitrogens is 2. The molecule has 0 bridgehead atoms. The van der Waals surface area contributed by atoms with Crippen LogP contribution in [0, 0.1) is 0 Å². The average Bonchev–Trinajstić information content (AvgIpc) is 3.38. The highest BCUT2D eigenvalue weighted by atomic mass is 32.1. The van der Waals surface area contributed by atoms with E-state index in [1.807, 2.05) is 69.8 Å². The molecule has 0 spiro atoms. The lowest BCUT2D eigenvalue weighted by molar-refractivity contribution is 0.0539. The minimum absolute atomic E-state index is 0.0304. The lowest BCUT2D eigenvalue weighted by atomic mass is 10.0. The van der Waals surface area contributed by atoms with Gasteiger partial charge < -0.3 is 9.80 Å². The molecule has 1 aliphatic heterocycles. The molecular formula is C24H20N4O2S. The number of hydrogen-bond donors (Lipinski definition) is 0. The molecule has 0 unspecified atom stereocenters. The molecule has 2 amide bonds. The molecule has 4 aromatic rings. The van der Waals surface area contributed by atoms with Gasteiger partial charge in [-0.15, -0.1) is 11.3 Å². The van der Waals surface area contributed by atoms with Gasteiger partial charge in [0.2, 0.25) is 0 Å². The van der Waals surface area contributed by atoms with Crippen LogP contribution in [0.25, 0.3) is 22.2 Å². The predicted molar refractivity (Wildman–Crippen MR) is 121 cm³/mol. The number of rotatable bonds is 3. The zero-order chi connectivity index (χ0) is 21.2. The number of para-hydroxylation sites is 1. The standard InChI is InChI=1S/C24H20N4O2S/c29-23(27-11-13-28(14-12-27)24(30)22-6-3-15-31-22)19-16-21(17-7-9-25-10-8-17)26-20-5-2-1-4-18(19)20/h1-10,15-16H,11-14H2. The molecule has 5 rings (SSSR count). The molecule has 1 aliphatic rings. The number of carbonyl (C=O) groups excluding carboxylic acids is 2. The summed E-state index contributed by atoms with van der Waals surface area (Å²) in [6, 6.07) is 17.1. The molecule has 7 heteroatoms. The van der Waals surface area contributed by atoms with E-state index in [0.717, 1.165) is 27.0 Å². The molecule has 0 saturated carbocycles. The fraction of sp³-hybridized carbons (Fsp3) is 0.167. The average molecular weight is 429 g/mol. The fourth-order valence-electron chi connectivity index (χ4n) is 3.86. The van der Waals surface area contributed by atoms with Crippen molar-refractivity contribution >= 4 is 34.1 Å². The van der Waals surface area contributed by atoms with Gasteiger partial charge in [0.25, 0.3) is 11.8 Å². The van der Waals surface area contributed by atoms with Crippen molar-refractivity contribution in [3.8, 4) is 11.3 Å². The lowest BCUT2D eigenvalue weighted by Crippen LogP contribution is -2.50. The van der Waals surface area contributed by atoms with E-state index < -0.39 is 0 Å². The monoisotopic (exact) mass is 428 g/mol. The summed E-state index contributed by atoms with van der Waals surface area (Å²) >= 11 is 1.45. The van der Waals surface area contributed by atoms with Crippen molar-refractivity contribution in [3.05, 3.63) is 82.8 Å². The van der Waals surface area contributed by atoms with Gasteiger partial charge >= 0.3 is 0 Å². The quantitative estimate of drug-likeness (QED) is 0.496. The number of fused-ring (bicyclic) bond motifs is 1. The number of amides is 2. The number of carbonyl (C=O) groups is 2. The Kier molecular flexibility index (Phi) is 5.18. The molecule has 31 heavy (non-hydrogen) atoms. The number of benzene rings is 1. The van der Waals surface area contributed by atoms with Gasteiger partial charge in [0.05, 0.1) is 21.7 Å².